The van der Waals surface area contributed by atoms with Gasteiger partial charge in [-0.1, -0.05) is 17.7 Å². The molecule has 3 N–H and O–H groups in total. The summed E-state index contributed by atoms with van der Waals surface area (Å²) in [6.45, 7) is 8.27. The van der Waals surface area contributed by atoms with Gasteiger partial charge in [-0.25, -0.2) is 12.4 Å². The first-order chi connectivity index (χ1) is 22.2. The Balaban J connectivity index is 1.26. The van der Waals surface area contributed by atoms with Gasteiger partial charge in [-0.15, -0.1) is 0 Å². The molecule has 12 nitrogen and oxygen atoms in total. The van der Waals surface area contributed by atoms with Crippen molar-refractivity contribution in [2.24, 2.45) is 0 Å². The highest BCUT2D eigenvalue weighted by molar-refractivity contribution is 7.90. The second-order valence-corrected chi connectivity index (χ2v) is 13.3. The van der Waals surface area contributed by atoms with Crippen molar-refractivity contribution in [2.75, 3.05) is 41.7 Å². The van der Waals surface area contributed by atoms with Gasteiger partial charge in [-0.3, -0.25) is 9.89 Å². The SMILES string of the molecule is CC(=O)N1CCN(c2ccc(Nc3nc(Nc4ccc5cn[nH]c5c4)c4c(C)cn(S(=O)(=O)c5ccc(C)cc5)c4n3)cc2)CC1. The fraction of sp³-hybridized carbons (Fsp3) is 0.212. The van der Waals surface area contributed by atoms with E-state index < -0.39 is 10.0 Å². The number of nitrogens with one attached hydrogen (secondary N) is 3. The van der Waals surface area contributed by atoms with Crippen LogP contribution in [0.4, 0.5) is 28.8 Å². The van der Waals surface area contributed by atoms with Gasteiger partial charge in [0.1, 0.15) is 5.82 Å². The highest BCUT2D eigenvalue weighted by Crippen LogP contribution is 2.33. The summed E-state index contributed by atoms with van der Waals surface area (Å²) >= 11 is 0. The molecule has 0 aliphatic carbocycles. The van der Waals surface area contributed by atoms with Gasteiger partial charge in [0, 0.05) is 61.7 Å². The minimum absolute atomic E-state index is 0.0971. The molecule has 13 heteroatoms. The van der Waals surface area contributed by atoms with Gasteiger partial charge in [0.25, 0.3) is 10.0 Å². The molecule has 3 aromatic heterocycles. The molecule has 234 valence electrons. The Morgan fingerprint density at radius 2 is 1.59 bits per heavy atom. The Morgan fingerprint density at radius 3 is 2.30 bits per heavy atom. The van der Waals surface area contributed by atoms with E-state index in [0.29, 0.717) is 29.9 Å². The number of benzene rings is 3. The Bertz CT molecular complexity index is 2180. The summed E-state index contributed by atoms with van der Waals surface area (Å²) < 4.78 is 29.0. The molecule has 0 spiro atoms. The van der Waals surface area contributed by atoms with E-state index in [2.05, 4.69) is 25.7 Å². The average molecular weight is 636 g/mol. The zero-order valence-electron chi connectivity index (χ0n) is 25.7. The minimum Gasteiger partial charge on any atom is -0.368 e. The van der Waals surface area contributed by atoms with Crippen LogP contribution in [0, 0.1) is 13.8 Å². The average Bonchev–Trinajstić information content (AvgIpc) is 3.66. The normalized spacial score (nSPS) is 13.8. The minimum atomic E-state index is -3.96. The van der Waals surface area contributed by atoms with E-state index in [1.807, 2.05) is 61.2 Å². The van der Waals surface area contributed by atoms with Crippen molar-refractivity contribution in [3.63, 3.8) is 0 Å². The van der Waals surface area contributed by atoms with Gasteiger partial charge in [0.2, 0.25) is 11.9 Å². The summed E-state index contributed by atoms with van der Waals surface area (Å²) in [7, 11) is -3.96. The van der Waals surface area contributed by atoms with Gasteiger partial charge >= 0.3 is 0 Å². The maximum absolute atomic E-state index is 13.9. The highest BCUT2D eigenvalue weighted by atomic mass is 32.2. The van der Waals surface area contributed by atoms with Gasteiger partial charge < -0.3 is 20.4 Å². The standard InChI is InChI=1S/C33H33N9O3S/c1-21-4-12-28(13-5-21)46(44,45)42-20-22(2)30-31(35-26-7-6-24-19-34-39-29(24)18-26)37-33(38-32(30)42)36-25-8-10-27(11-9-25)41-16-14-40(15-17-41)23(3)43/h4-13,18-20H,14-17H2,1-3H3,(H,34,39)(H2,35,36,37,38). The van der Waals surface area contributed by atoms with Crippen LogP contribution in [-0.2, 0) is 14.8 Å². The van der Waals surface area contributed by atoms with Crippen molar-refractivity contribution >= 4 is 66.7 Å². The Hall–Kier alpha value is -5.43. The Labute approximate surface area is 266 Å². The van der Waals surface area contributed by atoms with Crippen LogP contribution in [0.1, 0.15) is 18.1 Å². The van der Waals surface area contributed by atoms with Crippen LogP contribution in [-0.4, -0.2) is 69.5 Å². The number of nitrogens with zero attached hydrogens (tertiary/aromatic N) is 6. The van der Waals surface area contributed by atoms with Crippen LogP contribution >= 0.6 is 0 Å². The maximum atomic E-state index is 13.9. The second-order valence-electron chi connectivity index (χ2n) is 11.5. The summed E-state index contributed by atoms with van der Waals surface area (Å²) in [6, 6.07) is 20.4. The molecule has 1 saturated heterocycles. The fourth-order valence-electron chi connectivity index (χ4n) is 5.74. The van der Waals surface area contributed by atoms with Crippen LogP contribution in [0.2, 0.25) is 0 Å². The molecule has 4 heterocycles. The first-order valence-electron chi connectivity index (χ1n) is 15.0. The van der Waals surface area contributed by atoms with E-state index in [1.54, 1.807) is 43.6 Å². The lowest BCUT2D eigenvalue weighted by Crippen LogP contribution is -2.48. The van der Waals surface area contributed by atoms with Crippen LogP contribution in [0.3, 0.4) is 0 Å². The number of aromatic amines is 1. The number of carbonyl (C=O) groups excluding carboxylic acids is 1. The fourth-order valence-corrected chi connectivity index (χ4v) is 7.11. The number of H-pyrrole nitrogens is 1. The number of amides is 1. The summed E-state index contributed by atoms with van der Waals surface area (Å²) in [5, 5.41) is 15.3. The number of piperazine rings is 1. The molecule has 3 aromatic carbocycles. The maximum Gasteiger partial charge on any atom is 0.269 e. The Kier molecular flexibility index (Phi) is 7.32. The summed E-state index contributed by atoms with van der Waals surface area (Å²) in [5.74, 6) is 0.792. The quantitative estimate of drug-likeness (QED) is 0.213. The summed E-state index contributed by atoms with van der Waals surface area (Å²) in [4.78, 5) is 25.5. The number of rotatable bonds is 7. The monoisotopic (exact) mass is 635 g/mol. The number of aryl methyl sites for hydroxylation is 2. The predicted molar refractivity (Wildman–Crippen MR) is 180 cm³/mol. The van der Waals surface area contributed by atoms with Crippen LogP contribution in [0.15, 0.2) is 84.0 Å². The third-order valence-corrected chi connectivity index (χ3v) is 9.96. The van der Waals surface area contributed by atoms with Crippen molar-refractivity contribution in [2.45, 2.75) is 25.7 Å². The van der Waals surface area contributed by atoms with Crippen molar-refractivity contribution in [1.29, 1.82) is 0 Å². The molecule has 46 heavy (non-hydrogen) atoms. The lowest BCUT2D eigenvalue weighted by Gasteiger charge is -2.35. The first-order valence-corrected chi connectivity index (χ1v) is 16.4. The third kappa shape index (κ3) is 5.49. The molecule has 7 rings (SSSR count). The van der Waals surface area contributed by atoms with Crippen molar-refractivity contribution < 1.29 is 13.2 Å². The Morgan fingerprint density at radius 1 is 0.870 bits per heavy atom. The molecular formula is C33H33N9O3S. The number of anilines is 5. The number of fused-ring (bicyclic) bond motifs is 2. The zero-order chi connectivity index (χ0) is 32.0. The highest BCUT2D eigenvalue weighted by Gasteiger charge is 2.25. The van der Waals surface area contributed by atoms with E-state index in [0.717, 1.165) is 46.6 Å². The largest absolute Gasteiger partial charge is 0.368 e. The van der Waals surface area contributed by atoms with Crippen molar-refractivity contribution in [3.8, 4) is 0 Å². The third-order valence-electron chi connectivity index (χ3n) is 8.30. The number of hydrogen-bond acceptors (Lipinski definition) is 9. The molecule has 1 aliphatic rings. The van der Waals surface area contributed by atoms with E-state index >= 15 is 0 Å². The van der Waals surface area contributed by atoms with Crippen LogP contribution in [0.25, 0.3) is 21.9 Å². The predicted octanol–water partition coefficient (Wildman–Crippen LogP) is 5.32. The smallest absolute Gasteiger partial charge is 0.269 e. The second kappa shape index (κ2) is 11.5. The summed E-state index contributed by atoms with van der Waals surface area (Å²) in [5.41, 5.74) is 5.32. The first kappa shape index (κ1) is 29.3. The molecular weight excluding hydrogens is 602 g/mol. The summed E-state index contributed by atoms with van der Waals surface area (Å²) in [6.07, 6.45) is 3.34. The van der Waals surface area contributed by atoms with E-state index in [4.69, 9.17) is 9.97 Å². The van der Waals surface area contributed by atoms with Crippen LogP contribution < -0.4 is 15.5 Å². The lowest BCUT2D eigenvalue weighted by molar-refractivity contribution is -0.129. The van der Waals surface area contributed by atoms with Gasteiger partial charge in [0.05, 0.1) is 22.0 Å². The number of aromatic nitrogens is 5. The van der Waals surface area contributed by atoms with Gasteiger partial charge in [-0.05, 0) is 74.0 Å². The van der Waals surface area contributed by atoms with Gasteiger partial charge in [-0.2, -0.15) is 15.1 Å². The van der Waals surface area contributed by atoms with Crippen molar-refractivity contribution in [1.82, 2.24) is 29.0 Å². The molecule has 0 saturated carbocycles. The molecule has 1 aliphatic heterocycles. The molecule has 6 aromatic rings. The zero-order valence-corrected chi connectivity index (χ0v) is 26.5. The van der Waals surface area contributed by atoms with Gasteiger partial charge in [0.15, 0.2) is 5.65 Å². The molecule has 0 bridgehead atoms. The molecule has 1 amide bonds. The van der Waals surface area contributed by atoms with E-state index in [-0.39, 0.29) is 22.4 Å². The molecule has 1 fully saturated rings. The lowest BCUT2D eigenvalue weighted by atomic mass is 10.2. The molecule has 0 radical (unpaired) electrons. The van der Waals surface area contributed by atoms with Crippen LogP contribution in [0.5, 0.6) is 0 Å². The number of carbonyl (C=O) groups is 1. The van der Waals surface area contributed by atoms with Crippen molar-refractivity contribution in [3.05, 3.63) is 90.3 Å². The molecule has 0 atom stereocenters. The number of hydrogen-bond donors (Lipinski definition) is 3. The molecule has 0 unspecified atom stereocenters. The van der Waals surface area contributed by atoms with E-state index in [9.17, 15) is 13.2 Å². The van der Waals surface area contributed by atoms with E-state index in [1.165, 1.54) is 3.97 Å². The topological polar surface area (TPSA) is 141 Å².